The Hall–Kier alpha value is -1.88. The lowest BCUT2D eigenvalue weighted by molar-refractivity contribution is 0.102. The Morgan fingerprint density at radius 3 is 2.59 bits per heavy atom. The largest absolute Gasteiger partial charge is 0.508 e. The summed E-state index contributed by atoms with van der Waals surface area (Å²) in [5.74, 6) is 0.315. The number of aromatic hydroxyl groups is 1. The number of pyridine rings is 1. The molecular formula is C12H9BrN2O2. The van der Waals surface area contributed by atoms with E-state index in [9.17, 15) is 4.79 Å². The van der Waals surface area contributed by atoms with Crippen LogP contribution in [0.25, 0.3) is 0 Å². The maximum Gasteiger partial charge on any atom is 0.256 e. The van der Waals surface area contributed by atoms with Gasteiger partial charge in [-0.15, -0.1) is 0 Å². The summed E-state index contributed by atoms with van der Waals surface area (Å²) in [4.78, 5) is 15.9. The quantitative estimate of drug-likeness (QED) is 0.895. The Morgan fingerprint density at radius 2 is 1.94 bits per heavy atom. The van der Waals surface area contributed by atoms with Crippen molar-refractivity contribution in [1.82, 2.24) is 4.98 Å². The van der Waals surface area contributed by atoms with Gasteiger partial charge in [-0.1, -0.05) is 0 Å². The van der Waals surface area contributed by atoms with Crippen LogP contribution in [0.4, 0.5) is 5.82 Å². The molecule has 0 saturated heterocycles. The number of phenols is 1. The van der Waals surface area contributed by atoms with Crippen molar-refractivity contribution in [3.8, 4) is 5.75 Å². The molecule has 0 unspecified atom stereocenters. The van der Waals surface area contributed by atoms with E-state index < -0.39 is 0 Å². The number of amides is 1. The van der Waals surface area contributed by atoms with E-state index in [2.05, 4.69) is 26.2 Å². The van der Waals surface area contributed by atoms with E-state index in [4.69, 9.17) is 5.11 Å². The van der Waals surface area contributed by atoms with Gasteiger partial charge in [-0.05, 0) is 52.3 Å². The molecule has 2 aromatic rings. The van der Waals surface area contributed by atoms with E-state index in [0.717, 1.165) is 0 Å². The standard InChI is InChI=1S/C12H9BrN2O2/c13-10-2-1-7-14-11(10)15-12(17)8-3-5-9(16)6-4-8/h1-7,16H,(H,14,15,17). The zero-order chi connectivity index (χ0) is 12.3. The first-order valence-corrected chi connectivity index (χ1v) is 5.67. The number of carbonyl (C=O) groups excluding carboxylic acids is 1. The lowest BCUT2D eigenvalue weighted by Crippen LogP contribution is -2.13. The second-order valence-electron chi connectivity index (χ2n) is 3.33. The summed E-state index contributed by atoms with van der Waals surface area (Å²) < 4.78 is 0.715. The molecule has 0 aliphatic carbocycles. The van der Waals surface area contributed by atoms with Crippen molar-refractivity contribution in [2.24, 2.45) is 0 Å². The number of hydrogen-bond donors (Lipinski definition) is 2. The van der Waals surface area contributed by atoms with Crippen molar-refractivity contribution >= 4 is 27.7 Å². The Morgan fingerprint density at radius 1 is 1.24 bits per heavy atom. The summed E-state index contributed by atoms with van der Waals surface area (Å²) >= 11 is 3.29. The highest BCUT2D eigenvalue weighted by atomic mass is 79.9. The number of anilines is 1. The highest BCUT2D eigenvalue weighted by Crippen LogP contribution is 2.19. The smallest absolute Gasteiger partial charge is 0.256 e. The summed E-state index contributed by atoms with van der Waals surface area (Å²) in [7, 11) is 0. The molecule has 0 aliphatic heterocycles. The van der Waals surface area contributed by atoms with Crippen LogP contribution in [0, 0.1) is 0 Å². The van der Waals surface area contributed by atoms with Gasteiger partial charge >= 0.3 is 0 Å². The van der Waals surface area contributed by atoms with Crippen LogP contribution in [0.15, 0.2) is 47.1 Å². The number of carbonyl (C=O) groups is 1. The van der Waals surface area contributed by atoms with Crippen LogP contribution in [0.1, 0.15) is 10.4 Å². The third kappa shape index (κ3) is 2.82. The average Bonchev–Trinajstić information content (AvgIpc) is 2.33. The molecule has 1 heterocycles. The van der Waals surface area contributed by atoms with Crippen LogP contribution in [-0.4, -0.2) is 16.0 Å². The number of nitrogens with zero attached hydrogens (tertiary/aromatic N) is 1. The predicted octanol–water partition coefficient (Wildman–Crippen LogP) is 2.80. The topological polar surface area (TPSA) is 62.2 Å². The number of aromatic nitrogens is 1. The molecule has 0 bridgehead atoms. The molecule has 0 aliphatic rings. The molecule has 86 valence electrons. The minimum Gasteiger partial charge on any atom is -0.508 e. The van der Waals surface area contributed by atoms with Crippen LogP contribution in [-0.2, 0) is 0 Å². The zero-order valence-electron chi connectivity index (χ0n) is 8.72. The molecule has 2 rings (SSSR count). The monoisotopic (exact) mass is 292 g/mol. The molecule has 17 heavy (non-hydrogen) atoms. The van der Waals surface area contributed by atoms with Crippen LogP contribution in [0.5, 0.6) is 5.75 Å². The average molecular weight is 293 g/mol. The van der Waals surface area contributed by atoms with Gasteiger partial charge in [-0.2, -0.15) is 0 Å². The number of halogens is 1. The SMILES string of the molecule is O=C(Nc1ncccc1Br)c1ccc(O)cc1. The van der Waals surface area contributed by atoms with Crippen molar-refractivity contribution in [1.29, 1.82) is 0 Å². The molecule has 2 N–H and O–H groups in total. The number of nitrogens with one attached hydrogen (secondary N) is 1. The third-order valence-corrected chi connectivity index (χ3v) is 2.76. The molecule has 0 atom stereocenters. The van der Waals surface area contributed by atoms with Gasteiger partial charge in [0.05, 0.1) is 4.47 Å². The fourth-order valence-electron chi connectivity index (χ4n) is 1.27. The maximum atomic E-state index is 11.8. The summed E-state index contributed by atoms with van der Waals surface area (Å²) in [6, 6.07) is 9.56. The molecule has 5 heteroatoms. The van der Waals surface area contributed by atoms with Crippen LogP contribution in [0.2, 0.25) is 0 Å². The summed E-state index contributed by atoms with van der Waals surface area (Å²) in [5, 5.41) is 11.8. The maximum absolute atomic E-state index is 11.8. The van der Waals surface area contributed by atoms with Crippen molar-refractivity contribution in [3.63, 3.8) is 0 Å². The fourth-order valence-corrected chi connectivity index (χ4v) is 1.62. The first-order chi connectivity index (χ1) is 8.16. The van der Waals surface area contributed by atoms with Gasteiger partial charge in [0.15, 0.2) is 0 Å². The Balaban J connectivity index is 2.17. The number of phenolic OH excluding ortho intramolecular Hbond substituents is 1. The van der Waals surface area contributed by atoms with Crippen molar-refractivity contribution in [3.05, 3.63) is 52.6 Å². The summed E-state index contributed by atoms with van der Waals surface area (Å²) in [6.45, 7) is 0. The second-order valence-corrected chi connectivity index (χ2v) is 4.19. The molecule has 1 aromatic carbocycles. The molecule has 1 aromatic heterocycles. The van der Waals surface area contributed by atoms with E-state index in [1.165, 1.54) is 12.1 Å². The molecule has 4 nitrogen and oxygen atoms in total. The number of benzene rings is 1. The normalized spacial score (nSPS) is 9.94. The molecule has 0 radical (unpaired) electrons. The minimum absolute atomic E-state index is 0.126. The summed E-state index contributed by atoms with van der Waals surface area (Å²) in [6.07, 6.45) is 1.59. The Labute approximate surface area is 106 Å². The molecule has 0 saturated carbocycles. The molecular weight excluding hydrogens is 284 g/mol. The highest BCUT2D eigenvalue weighted by molar-refractivity contribution is 9.10. The Kier molecular flexibility index (Phi) is 3.39. The fraction of sp³-hybridized carbons (Fsp3) is 0. The molecule has 0 spiro atoms. The van der Waals surface area contributed by atoms with Gasteiger partial charge < -0.3 is 10.4 Å². The van der Waals surface area contributed by atoms with Gasteiger partial charge in [0.2, 0.25) is 0 Å². The van der Waals surface area contributed by atoms with Crippen LogP contribution >= 0.6 is 15.9 Å². The lowest BCUT2D eigenvalue weighted by atomic mass is 10.2. The van der Waals surface area contributed by atoms with E-state index in [0.29, 0.717) is 15.9 Å². The van der Waals surface area contributed by atoms with Crippen LogP contribution < -0.4 is 5.32 Å². The van der Waals surface area contributed by atoms with Gasteiger partial charge in [-0.3, -0.25) is 4.79 Å². The summed E-state index contributed by atoms with van der Waals surface area (Å²) in [5.41, 5.74) is 0.459. The van der Waals surface area contributed by atoms with Crippen LogP contribution in [0.3, 0.4) is 0 Å². The van der Waals surface area contributed by atoms with Crippen molar-refractivity contribution in [2.75, 3.05) is 5.32 Å². The Bertz CT molecular complexity index is 540. The first kappa shape index (κ1) is 11.6. The molecule has 1 amide bonds. The van der Waals surface area contributed by atoms with E-state index in [1.54, 1.807) is 30.5 Å². The van der Waals surface area contributed by atoms with Gasteiger partial charge in [0, 0.05) is 11.8 Å². The third-order valence-electron chi connectivity index (χ3n) is 2.12. The van der Waals surface area contributed by atoms with Crippen molar-refractivity contribution in [2.45, 2.75) is 0 Å². The first-order valence-electron chi connectivity index (χ1n) is 4.88. The van der Waals surface area contributed by atoms with E-state index in [1.807, 2.05) is 0 Å². The van der Waals surface area contributed by atoms with Gasteiger partial charge in [-0.25, -0.2) is 4.98 Å². The predicted molar refractivity (Wildman–Crippen MR) is 68.0 cm³/mol. The van der Waals surface area contributed by atoms with Gasteiger partial charge in [0.1, 0.15) is 11.6 Å². The van der Waals surface area contributed by atoms with Gasteiger partial charge in [0.25, 0.3) is 5.91 Å². The number of rotatable bonds is 2. The lowest BCUT2D eigenvalue weighted by Gasteiger charge is -2.05. The second kappa shape index (κ2) is 4.97. The minimum atomic E-state index is -0.274. The van der Waals surface area contributed by atoms with E-state index in [-0.39, 0.29) is 11.7 Å². The number of hydrogen-bond acceptors (Lipinski definition) is 3. The molecule has 0 fully saturated rings. The van der Waals surface area contributed by atoms with E-state index >= 15 is 0 Å². The highest BCUT2D eigenvalue weighted by Gasteiger charge is 2.08. The zero-order valence-corrected chi connectivity index (χ0v) is 10.3. The van der Waals surface area contributed by atoms with Crippen molar-refractivity contribution < 1.29 is 9.90 Å².